The molecule has 8 nitrogen and oxygen atoms in total. The van der Waals surface area contributed by atoms with Crippen molar-refractivity contribution >= 4 is 43.7 Å². The fourth-order valence-electron chi connectivity index (χ4n) is 2.46. The summed E-state index contributed by atoms with van der Waals surface area (Å²) in [5.41, 5.74) is 5.01. The Morgan fingerprint density at radius 3 is 2.86 bits per heavy atom. The molecule has 2 aromatic rings. The monoisotopic (exact) mass is 379 g/mol. The molecule has 3 heterocycles. The molecule has 1 aliphatic heterocycles. The van der Waals surface area contributed by atoms with Crippen LogP contribution in [0.2, 0.25) is 9.97 Å². The molecular formula is C11H14ClN5O3Se. The predicted octanol–water partition coefficient (Wildman–Crippen LogP) is -0.829. The van der Waals surface area contributed by atoms with E-state index in [4.69, 9.17) is 17.3 Å². The molecule has 114 valence electrons. The van der Waals surface area contributed by atoms with Gasteiger partial charge in [-0.25, -0.2) is 0 Å². The number of imidazole rings is 1. The Morgan fingerprint density at radius 1 is 1.52 bits per heavy atom. The third kappa shape index (κ3) is 2.21. The van der Waals surface area contributed by atoms with E-state index in [2.05, 4.69) is 15.0 Å². The van der Waals surface area contributed by atoms with Gasteiger partial charge in [-0.1, -0.05) is 0 Å². The summed E-state index contributed by atoms with van der Waals surface area (Å²) in [7, 11) is 0. The third-order valence-electron chi connectivity index (χ3n) is 3.58. The van der Waals surface area contributed by atoms with Crippen LogP contribution in [0.4, 0.5) is 5.95 Å². The standard InChI is InChI=1S/C11H14ClN5O3Se/c1-11(20)6(19)4(2-18)21-9(11)17-3-14-5-7(12)15-10(13)16-8(5)17/h3-4,6,9,18-20H,2H2,1H3,(H2,13,15,16)/t4-,6-,9-,11-/m1/s1. The number of halogens is 1. The average Bonchev–Trinajstić information content (AvgIpc) is 2.91. The maximum absolute atomic E-state index is 10.6. The maximum atomic E-state index is 10.6. The summed E-state index contributed by atoms with van der Waals surface area (Å²) in [6.07, 6.45) is 0.484. The third-order valence-corrected chi connectivity index (χ3v) is 7.45. The van der Waals surface area contributed by atoms with Crippen molar-refractivity contribution in [1.29, 1.82) is 0 Å². The van der Waals surface area contributed by atoms with E-state index in [0.717, 1.165) is 0 Å². The summed E-state index contributed by atoms with van der Waals surface area (Å²) in [6.45, 7) is 1.36. The molecule has 2 aromatic heterocycles. The van der Waals surface area contributed by atoms with Gasteiger partial charge >= 0.3 is 131 Å². The fourth-order valence-corrected chi connectivity index (χ4v) is 5.91. The molecule has 0 aromatic carbocycles. The number of aliphatic hydroxyl groups excluding tert-OH is 2. The minimum absolute atomic E-state index is 0.0126. The van der Waals surface area contributed by atoms with Crippen molar-refractivity contribution in [2.75, 3.05) is 12.3 Å². The van der Waals surface area contributed by atoms with Crippen molar-refractivity contribution in [2.24, 2.45) is 0 Å². The van der Waals surface area contributed by atoms with Crippen LogP contribution < -0.4 is 5.73 Å². The molecule has 0 saturated carbocycles. The number of nitrogens with two attached hydrogens (primary N) is 1. The van der Waals surface area contributed by atoms with E-state index in [0.29, 0.717) is 11.2 Å². The summed E-state index contributed by atoms with van der Waals surface area (Å²) in [5.74, 6) is 0.0126. The van der Waals surface area contributed by atoms with Crippen LogP contribution in [0.25, 0.3) is 11.2 Å². The number of nitrogen functional groups attached to an aromatic ring is 1. The Labute approximate surface area is 131 Å². The first-order valence-electron chi connectivity index (χ1n) is 6.18. The second kappa shape index (κ2) is 5.05. The van der Waals surface area contributed by atoms with Crippen LogP contribution in [-0.2, 0) is 0 Å². The van der Waals surface area contributed by atoms with Gasteiger partial charge < -0.3 is 0 Å². The first-order valence-corrected chi connectivity index (χ1v) is 8.54. The van der Waals surface area contributed by atoms with Crippen molar-refractivity contribution < 1.29 is 15.3 Å². The average molecular weight is 379 g/mol. The summed E-state index contributed by atoms with van der Waals surface area (Å²) in [4.78, 5) is 11.3. The van der Waals surface area contributed by atoms with Gasteiger partial charge in [0.1, 0.15) is 0 Å². The van der Waals surface area contributed by atoms with Gasteiger partial charge in [0, 0.05) is 0 Å². The second-order valence-electron chi connectivity index (χ2n) is 5.08. The predicted molar refractivity (Wildman–Crippen MR) is 77.0 cm³/mol. The van der Waals surface area contributed by atoms with E-state index in [1.165, 1.54) is 13.3 Å². The van der Waals surface area contributed by atoms with Gasteiger partial charge in [0.15, 0.2) is 0 Å². The van der Waals surface area contributed by atoms with Crippen molar-refractivity contribution in [3.63, 3.8) is 0 Å². The number of fused-ring (bicyclic) bond motifs is 1. The Balaban J connectivity index is 2.13. The van der Waals surface area contributed by atoms with Crippen LogP contribution >= 0.6 is 11.6 Å². The number of anilines is 1. The minimum atomic E-state index is -1.40. The van der Waals surface area contributed by atoms with Crippen molar-refractivity contribution in [3.8, 4) is 0 Å². The summed E-state index contributed by atoms with van der Waals surface area (Å²) < 4.78 is 1.65. The van der Waals surface area contributed by atoms with Crippen LogP contribution in [0.3, 0.4) is 0 Å². The molecule has 4 atom stereocenters. The van der Waals surface area contributed by atoms with Crippen LogP contribution in [0.1, 0.15) is 11.9 Å². The molecule has 1 fully saturated rings. The normalized spacial score (nSPS) is 32.9. The van der Waals surface area contributed by atoms with Gasteiger partial charge in [0.2, 0.25) is 0 Å². The van der Waals surface area contributed by atoms with Crippen molar-refractivity contribution in [3.05, 3.63) is 11.5 Å². The number of nitrogens with zero attached hydrogens (tertiary/aromatic N) is 4. The zero-order valence-corrected chi connectivity index (χ0v) is 13.5. The van der Waals surface area contributed by atoms with Crippen LogP contribution in [0.15, 0.2) is 6.33 Å². The Kier molecular flexibility index (Phi) is 3.59. The topological polar surface area (TPSA) is 130 Å². The van der Waals surface area contributed by atoms with E-state index >= 15 is 0 Å². The van der Waals surface area contributed by atoms with Gasteiger partial charge in [0.05, 0.1) is 0 Å². The molecule has 1 saturated heterocycles. The summed E-state index contributed by atoms with van der Waals surface area (Å²) >= 11 is 5.73. The molecule has 3 rings (SSSR count). The Morgan fingerprint density at radius 2 is 2.24 bits per heavy atom. The molecule has 0 aliphatic carbocycles. The van der Waals surface area contributed by atoms with Crippen LogP contribution in [0, 0.1) is 0 Å². The van der Waals surface area contributed by atoms with Gasteiger partial charge in [0.25, 0.3) is 0 Å². The van der Waals surface area contributed by atoms with Crippen molar-refractivity contribution in [1.82, 2.24) is 19.5 Å². The van der Waals surface area contributed by atoms with Crippen LogP contribution in [0.5, 0.6) is 0 Å². The molecule has 1 aliphatic rings. The zero-order chi connectivity index (χ0) is 15.4. The zero-order valence-electron chi connectivity index (χ0n) is 11.0. The molecule has 0 spiro atoms. The van der Waals surface area contributed by atoms with Crippen LogP contribution in [-0.4, -0.2) is 68.1 Å². The van der Waals surface area contributed by atoms with E-state index in [9.17, 15) is 15.3 Å². The van der Waals surface area contributed by atoms with Gasteiger partial charge in [-0.05, 0) is 0 Å². The quantitative estimate of drug-likeness (QED) is 0.396. The molecule has 0 bridgehead atoms. The van der Waals surface area contributed by atoms with E-state index < -0.39 is 16.6 Å². The number of rotatable bonds is 2. The molecule has 5 N–H and O–H groups in total. The Hall–Kier alpha value is -0.961. The molecule has 21 heavy (non-hydrogen) atoms. The number of hydrogen-bond acceptors (Lipinski definition) is 7. The molecule has 0 unspecified atom stereocenters. The number of aromatic nitrogens is 4. The van der Waals surface area contributed by atoms with Gasteiger partial charge in [-0.2, -0.15) is 0 Å². The second-order valence-corrected chi connectivity index (χ2v) is 8.21. The fraction of sp³-hybridized carbons (Fsp3) is 0.545. The SMILES string of the molecule is C[C@@]1(O)[C@H](O)[C@@H](CO)[Se][C@H]1n1cnc2c(Cl)nc(N)nc21. The van der Waals surface area contributed by atoms with Crippen molar-refractivity contribution in [2.45, 2.75) is 28.4 Å². The Bertz CT molecular complexity index is 694. The number of aliphatic hydroxyl groups is 3. The summed E-state index contributed by atoms with van der Waals surface area (Å²) in [5, 5.41) is 30.2. The molecule has 0 radical (unpaired) electrons. The van der Waals surface area contributed by atoms with E-state index in [1.54, 1.807) is 4.57 Å². The van der Waals surface area contributed by atoms with Gasteiger partial charge in [-0.15, -0.1) is 0 Å². The van der Waals surface area contributed by atoms with Gasteiger partial charge in [-0.3, -0.25) is 0 Å². The number of hydrogen-bond donors (Lipinski definition) is 4. The molecule has 10 heteroatoms. The summed E-state index contributed by atoms with van der Waals surface area (Å²) in [6, 6.07) is 0. The molecule has 0 amide bonds. The first-order chi connectivity index (χ1) is 9.86. The first kappa shape index (κ1) is 15.0. The van der Waals surface area contributed by atoms with E-state index in [1.807, 2.05) is 0 Å². The molecular weight excluding hydrogens is 365 g/mol. The van der Waals surface area contributed by atoms with E-state index in [-0.39, 0.29) is 37.5 Å².